The van der Waals surface area contributed by atoms with Gasteiger partial charge < -0.3 is 10.5 Å². The van der Waals surface area contributed by atoms with Gasteiger partial charge in [0.05, 0.1) is 6.61 Å². The van der Waals surface area contributed by atoms with Crippen molar-refractivity contribution in [2.75, 3.05) is 13.2 Å². The predicted molar refractivity (Wildman–Crippen MR) is 71.5 cm³/mol. The van der Waals surface area contributed by atoms with Crippen LogP contribution in [0.5, 0.6) is 5.75 Å². The Labute approximate surface area is 104 Å². The molecule has 1 aromatic carbocycles. The molecular formula is C15H23NO. The highest BCUT2D eigenvalue weighted by atomic mass is 16.5. The summed E-state index contributed by atoms with van der Waals surface area (Å²) in [5, 5.41) is 0. The van der Waals surface area contributed by atoms with Crippen molar-refractivity contribution in [1.82, 2.24) is 0 Å². The zero-order valence-corrected chi connectivity index (χ0v) is 11.0. The molecule has 0 bridgehead atoms. The number of aryl methyl sites for hydroxylation is 1. The molecule has 2 rings (SSSR count). The third-order valence-corrected chi connectivity index (χ3v) is 4.04. The average Bonchev–Trinajstić information content (AvgIpc) is 2.82. The third kappa shape index (κ3) is 2.32. The van der Waals surface area contributed by atoms with E-state index in [0.717, 1.165) is 18.9 Å². The molecule has 1 fully saturated rings. The van der Waals surface area contributed by atoms with Crippen LogP contribution in [0.2, 0.25) is 0 Å². The first-order valence-electron chi connectivity index (χ1n) is 6.66. The van der Waals surface area contributed by atoms with E-state index < -0.39 is 0 Å². The van der Waals surface area contributed by atoms with Crippen LogP contribution in [0, 0.1) is 6.92 Å². The van der Waals surface area contributed by atoms with Gasteiger partial charge in [-0.15, -0.1) is 0 Å². The van der Waals surface area contributed by atoms with E-state index in [1.807, 2.05) is 6.92 Å². The highest BCUT2D eigenvalue weighted by Crippen LogP contribution is 2.41. The first-order valence-corrected chi connectivity index (χ1v) is 6.66. The summed E-state index contributed by atoms with van der Waals surface area (Å²) < 4.78 is 5.59. The molecule has 0 radical (unpaired) electrons. The van der Waals surface area contributed by atoms with Gasteiger partial charge in [0.15, 0.2) is 0 Å². The highest BCUT2D eigenvalue weighted by molar-refractivity contribution is 5.40. The molecule has 0 unspecified atom stereocenters. The molecule has 0 amide bonds. The summed E-state index contributed by atoms with van der Waals surface area (Å²) in [6.07, 6.45) is 5.08. The van der Waals surface area contributed by atoms with E-state index in [4.69, 9.17) is 10.5 Å². The summed E-state index contributed by atoms with van der Waals surface area (Å²) in [4.78, 5) is 0. The van der Waals surface area contributed by atoms with Crippen molar-refractivity contribution >= 4 is 0 Å². The second-order valence-corrected chi connectivity index (χ2v) is 5.10. The molecule has 94 valence electrons. The summed E-state index contributed by atoms with van der Waals surface area (Å²) in [6, 6.07) is 6.57. The molecule has 2 heteroatoms. The van der Waals surface area contributed by atoms with Gasteiger partial charge in [0.2, 0.25) is 0 Å². The molecule has 2 N–H and O–H groups in total. The summed E-state index contributed by atoms with van der Waals surface area (Å²) in [5.74, 6) is 1.00. The van der Waals surface area contributed by atoms with Gasteiger partial charge in [-0.1, -0.05) is 25.0 Å². The molecule has 1 aliphatic carbocycles. The molecule has 0 spiro atoms. The van der Waals surface area contributed by atoms with E-state index in [2.05, 4.69) is 25.1 Å². The zero-order chi connectivity index (χ0) is 12.3. The topological polar surface area (TPSA) is 35.2 Å². The first-order chi connectivity index (χ1) is 8.22. The second-order valence-electron chi connectivity index (χ2n) is 5.10. The quantitative estimate of drug-likeness (QED) is 0.867. The van der Waals surface area contributed by atoms with Crippen LogP contribution in [0.15, 0.2) is 18.2 Å². The van der Waals surface area contributed by atoms with E-state index in [1.54, 1.807) is 0 Å². The van der Waals surface area contributed by atoms with Gasteiger partial charge in [-0.05, 0) is 43.9 Å². The number of nitrogens with two attached hydrogens (primary N) is 1. The smallest absolute Gasteiger partial charge is 0.122 e. The first kappa shape index (κ1) is 12.4. The molecule has 1 aromatic rings. The fourth-order valence-corrected chi connectivity index (χ4v) is 2.96. The number of benzene rings is 1. The highest BCUT2D eigenvalue weighted by Gasteiger charge is 2.34. The Hall–Kier alpha value is -1.02. The molecule has 1 aliphatic rings. The lowest BCUT2D eigenvalue weighted by Gasteiger charge is -2.28. The van der Waals surface area contributed by atoms with Crippen LogP contribution in [0.4, 0.5) is 0 Å². The van der Waals surface area contributed by atoms with E-state index in [9.17, 15) is 0 Å². The van der Waals surface area contributed by atoms with Crippen LogP contribution in [0.3, 0.4) is 0 Å². The maximum atomic E-state index is 6.02. The van der Waals surface area contributed by atoms with Crippen LogP contribution in [-0.4, -0.2) is 13.2 Å². The lowest BCUT2D eigenvalue weighted by Crippen LogP contribution is -2.32. The van der Waals surface area contributed by atoms with Gasteiger partial charge in [-0.3, -0.25) is 0 Å². The van der Waals surface area contributed by atoms with E-state index in [1.165, 1.54) is 36.8 Å². The minimum Gasteiger partial charge on any atom is -0.494 e. The van der Waals surface area contributed by atoms with Gasteiger partial charge in [0, 0.05) is 12.0 Å². The normalized spacial score (nSPS) is 18.3. The Morgan fingerprint density at radius 2 is 2.00 bits per heavy atom. The Balaban J connectivity index is 2.30. The SMILES string of the molecule is CCOc1ccc(C2(CN)CCCC2)cc1C. The van der Waals surface area contributed by atoms with Crippen molar-refractivity contribution in [1.29, 1.82) is 0 Å². The van der Waals surface area contributed by atoms with Crippen molar-refractivity contribution in [2.24, 2.45) is 5.73 Å². The van der Waals surface area contributed by atoms with Crippen molar-refractivity contribution in [3.05, 3.63) is 29.3 Å². The molecule has 0 heterocycles. The van der Waals surface area contributed by atoms with Gasteiger partial charge in [0.1, 0.15) is 5.75 Å². The van der Waals surface area contributed by atoms with Crippen LogP contribution < -0.4 is 10.5 Å². The monoisotopic (exact) mass is 233 g/mol. The standard InChI is InChI=1S/C15H23NO/c1-3-17-14-7-6-13(10-12(14)2)15(11-16)8-4-5-9-15/h6-7,10H,3-5,8-9,11,16H2,1-2H3. The Morgan fingerprint density at radius 3 is 2.53 bits per heavy atom. The predicted octanol–water partition coefficient (Wildman–Crippen LogP) is 3.16. The molecule has 2 nitrogen and oxygen atoms in total. The maximum absolute atomic E-state index is 6.02. The van der Waals surface area contributed by atoms with Crippen LogP contribution >= 0.6 is 0 Å². The minimum atomic E-state index is 0.232. The zero-order valence-electron chi connectivity index (χ0n) is 11.0. The van der Waals surface area contributed by atoms with Crippen molar-refractivity contribution < 1.29 is 4.74 Å². The molecule has 0 atom stereocenters. The minimum absolute atomic E-state index is 0.232. The lowest BCUT2D eigenvalue weighted by molar-refractivity contribution is 0.337. The van der Waals surface area contributed by atoms with E-state index in [-0.39, 0.29) is 5.41 Å². The number of hydrogen-bond acceptors (Lipinski definition) is 2. The largest absolute Gasteiger partial charge is 0.494 e. The number of rotatable bonds is 4. The van der Waals surface area contributed by atoms with Crippen molar-refractivity contribution in [2.45, 2.75) is 44.9 Å². The van der Waals surface area contributed by atoms with Gasteiger partial charge in [0.25, 0.3) is 0 Å². The molecule has 0 saturated heterocycles. The van der Waals surface area contributed by atoms with Gasteiger partial charge >= 0.3 is 0 Å². The fraction of sp³-hybridized carbons (Fsp3) is 0.600. The van der Waals surface area contributed by atoms with Crippen LogP contribution in [-0.2, 0) is 5.41 Å². The molecule has 17 heavy (non-hydrogen) atoms. The molecule has 1 saturated carbocycles. The summed E-state index contributed by atoms with van der Waals surface area (Å²) in [6.45, 7) is 5.63. The fourth-order valence-electron chi connectivity index (χ4n) is 2.96. The summed E-state index contributed by atoms with van der Waals surface area (Å²) in [5.41, 5.74) is 8.88. The summed E-state index contributed by atoms with van der Waals surface area (Å²) >= 11 is 0. The van der Waals surface area contributed by atoms with Crippen molar-refractivity contribution in [3.63, 3.8) is 0 Å². The van der Waals surface area contributed by atoms with E-state index in [0.29, 0.717) is 0 Å². The Bertz CT molecular complexity index is 381. The average molecular weight is 233 g/mol. The van der Waals surface area contributed by atoms with Crippen molar-refractivity contribution in [3.8, 4) is 5.75 Å². The second kappa shape index (κ2) is 5.09. The lowest BCUT2D eigenvalue weighted by atomic mass is 9.78. The maximum Gasteiger partial charge on any atom is 0.122 e. The van der Waals surface area contributed by atoms with Crippen LogP contribution in [0.1, 0.15) is 43.7 Å². The number of ether oxygens (including phenoxy) is 1. The molecular weight excluding hydrogens is 210 g/mol. The Kier molecular flexibility index (Phi) is 3.72. The third-order valence-electron chi connectivity index (χ3n) is 4.04. The molecule has 0 aromatic heterocycles. The van der Waals surface area contributed by atoms with E-state index >= 15 is 0 Å². The Morgan fingerprint density at radius 1 is 1.29 bits per heavy atom. The number of hydrogen-bond donors (Lipinski definition) is 1. The van der Waals surface area contributed by atoms with Crippen LogP contribution in [0.25, 0.3) is 0 Å². The molecule has 0 aliphatic heterocycles. The summed E-state index contributed by atoms with van der Waals surface area (Å²) in [7, 11) is 0. The van der Waals surface area contributed by atoms with Gasteiger partial charge in [-0.2, -0.15) is 0 Å². The van der Waals surface area contributed by atoms with Gasteiger partial charge in [-0.25, -0.2) is 0 Å².